The van der Waals surface area contributed by atoms with Crippen molar-refractivity contribution in [2.75, 3.05) is 12.4 Å². The third-order valence-corrected chi connectivity index (χ3v) is 2.71. The second-order valence-corrected chi connectivity index (χ2v) is 4.33. The number of hydrogen-bond donors (Lipinski definition) is 2. The SMILES string of the molecule is CNc1cc(C)nc(Cn2cc(Cl)c(=O)[nH]c2=O)n1. The summed E-state index contributed by atoms with van der Waals surface area (Å²) >= 11 is 5.69. The van der Waals surface area contributed by atoms with Crippen LogP contribution in [-0.4, -0.2) is 26.6 Å². The Morgan fingerprint density at radius 2 is 2.16 bits per heavy atom. The smallest absolute Gasteiger partial charge is 0.328 e. The molecule has 2 aromatic heterocycles. The van der Waals surface area contributed by atoms with Gasteiger partial charge in [0.25, 0.3) is 5.56 Å². The minimum atomic E-state index is -0.607. The van der Waals surface area contributed by atoms with Crippen LogP contribution >= 0.6 is 11.6 Å². The molecule has 0 amide bonds. The van der Waals surface area contributed by atoms with E-state index in [2.05, 4.69) is 20.3 Å². The van der Waals surface area contributed by atoms with Crippen molar-refractivity contribution in [3.05, 3.63) is 49.6 Å². The molecular weight excluding hydrogens is 270 g/mol. The van der Waals surface area contributed by atoms with Gasteiger partial charge in [-0.05, 0) is 6.92 Å². The van der Waals surface area contributed by atoms with Gasteiger partial charge in [0.15, 0.2) is 5.82 Å². The number of H-pyrrole nitrogens is 1. The number of aryl methyl sites for hydroxylation is 1. The largest absolute Gasteiger partial charge is 0.373 e. The van der Waals surface area contributed by atoms with Gasteiger partial charge in [-0.25, -0.2) is 14.8 Å². The summed E-state index contributed by atoms with van der Waals surface area (Å²) in [5.41, 5.74) is -0.382. The van der Waals surface area contributed by atoms with Crippen molar-refractivity contribution in [2.45, 2.75) is 13.5 Å². The van der Waals surface area contributed by atoms with Crippen molar-refractivity contribution in [2.24, 2.45) is 0 Å². The topological polar surface area (TPSA) is 92.7 Å². The summed E-state index contributed by atoms with van der Waals surface area (Å²) in [5, 5.41) is 2.85. The molecule has 0 aliphatic heterocycles. The Morgan fingerprint density at radius 1 is 1.42 bits per heavy atom. The lowest BCUT2D eigenvalue weighted by atomic mass is 10.4. The molecule has 100 valence electrons. The molecule has 0 spiro atoms. The molecule has 19 heavy (non-hydrogen) atoms. The number of aromatic amines is 1. The minimum absolute atomic E-state index is 0.0545. The number of nitrogens with zero attached hydrogens (tertiary/aromatic N) is 3. The first-order chi connectivity index (χ1) is 8.99. The van der Waals surface area contributed by atoms with E-state index in [9.17, 15) is 9.59 Å². The zero-order valence-electron chi connectivity index (χ0n) is 10.4. The Hall–Kier alpha value is -2.15. The maximum absolute atomic E-state index is 11.6. The molecule has 2 rings (SSSR count). The average molecular weight is 282 g/mol. The monoisotopic (exact) mass is 281 g/mol. The molecule has 0 aliphatic carbocycles. The predicted octanol–water partition coefficient (Wildman–Crippen LogP) is 0.378. The highest BCUT2D eigenvalue weighted by Crippen LogP contribution is 2.06. The van der Waals surface area contributed by atoms with Gasteiger partial charge in [-0.3, -0.25) is 14.3 Å². The molecule has 2 N–H and O–H groups in total. The lowest BCUT2D eigenvalue weighted by molar-refractivity contribution is 0.684. The lowest BCUT2D eigenvalue weighted by Gasteiger charge is -2.07. The molecule has 0 unspecified atom stereocenters. The van der Waals surface area contributed by atoms with Crippen molar-refractivity contribution < 1.29 is 0 Å². The Kier molecular flexibility index (Phi) is 3.66. The predicted molar refractivity (Wildman–Crippen MR) is 71.8 cm³/mol. The molecule has 0 bridgehead atoms. The highest BCUT2D eigenvalue weighted by molar-refractivity contribution is 6.30. The van der Waals surface area contributed by atoms with Crippen molar-refractivity contribution in [3.8, 4) is 0 Å². The maximum atomic E-state index is 11.6. The minimum Gasteiger partial charge on any atom is -0.373 e. The number of halogens is 1. The summed E-state index contributed by atoms with van der Waals surface area (Å²) in [5.74, 6) is 1.11. The molecule has 0 radical (unpaired) electrons. The molecule has 2 aromatic rings. The summed E-state index contributed by atoms with van der Waals surface area (Å²) in [7, 11) is 1.74. The number of nitrogens with one attached hydrogen (secondary N) is 2. The zero-order valence-corrected chi connectivity index (χ0v) is 11.2. The Morgan fingerprint density at radius 3 is 2.84 bits per heavy atom. The summed E-state index contributed by atoms with van der Waals surface area (Å²) in [6.45, 7) is 1.96. The fourth-order valence-corrected chi connectivity index (χ4v) is 1.75. The van der Waals surface area contributed by atoms with Gasteiger partial charge in [0.1, 0.15) is 10.8 Å². The normalized spacial score (nSPS) is 10.5. The fraction of sp³-hybridized carbons (Fsp3) is 0.273. The quantitative estimate of drug-likeness (QED) is 0.848. The first-order valence-corrected chi connectivity index (χ1v) is 5.89. The van der Waals surface area contributed by atoms with Crippen molar-refractivity contribution in [1.82, 2.24) is 19.5 Å². The summed E-state index contributed by atoms with van der Waals surface area (Å²) in [4.78, 5) is 33.3. The van der Waals surface area contributed by atoms with Gasteiger partial charge in [-0.2, -0.15) is 0 Å². The molecular formula is C11H12ClN5O2. The molecule has 0 atom stereocenters. The van der Waals surface area contributed by atoms with Crippen LogP contribution in [0.5, 0.6) is 0 Å². The third-order valence-electron chi connectivity index (χ3n) is 2.44. The van der Waals surface area contributed by atoms with E-state index in [1.807, 2.05) is 6.92 Å². The van der Waals surface area contributed by atoms with Gasteiger partial charge >= 0.3 is 5.69 Å². The number of rotatable bonds is 3. The maximum Gasteiger partial charge on any atom is 0.328 e. The standard InChI is InChI=1S/C11H12ClN5O2/c1-6-3-8(13-2)15-9(14-6)5-17-4-7(12)10(18)16-11(17)19/h3-4H,5H2,1-2H3,(H,13,14,15)(H,16,18,19). The molecule has 2 heterocycles. The first-order valence-electron chi connectivity index (χ1n) is 5.51. The van der Waals surface area contributed by atoms with E-state index < -0.39 is 11.2 Å². The van der Waals surface area contributed by atoms with E-state index in [1.54, 1.807) is 13.1 Å². The van der Waals surface area contributed by atoms with Crippen molar-refractivity contribution >= 4 is 17.4 Å². The van der Waals surface area contributed by atoms with E-state index >= 15 is 0 Å². The number of aromatic nitrogens is 4. The summed E-state index contributed by atoms with van der Waals surface area (Å²) in [6.07, 6.45) is 1.27. The van der Waals surface area contributed by atoms with Gasteiger partial charge < -0.3 is 5.32 Å². The molecule has 0 saturated heterocycles. The van der Waals surface area contributed by atoms with Crippen LogP contribution in [0.15, 0.2) is 21.9 Å². The highest BCUT2D eigenvalue weighted by atomic mass is 35.5. The van der Waals surface area contributed by atoms with Gasteiger partial charge in [0, 0.05) is 25.0 Å². The van der Waals surface area contributed by atoms with Gasteiger partial charge in [0.2, 0.25) is 0 Å². The second-order valence-electron chi connectivity index (χ2n) is 3.93. The molecule has 0 fully saturated rings. The van der Waals surface area contributed by atoms with Crippen LogP contribution in [0.3, 0.4) is 0 Å². The molecule has 7 nitrogen and oxygen atoms in total. The Bertz CT molecular complexity index is 722. The van der Waals surface area contributed by atoms with Gasteiger partial charge in [-0.1, -0.05) is 11.6 Å². The average Bonchev–Trinajstić information content (AvgIpc) is 2.35. The fourth-order valence-electron chi connectivity index (χ4n) is 1.58. The summed E-state index contributed by atoms with van der Waals surface area (Å²) in [6, 6.07) is 1.78. The Labute approximate surface area is 113 Å². The third kappa shape index (κ3) is 3.00. The van der Waals surface area contributed by atoms with Crippen LogP contribution in [0.2, 0.25) is 5.02 Å². The van der Waals surface area contributed by atoms with E-state index in [-0.39, 0.29) is 11.6 Å². The van der Waals surface area contributed by atoms with Crippen LogP contribution in [0.4, 0.5) is 5.82 Å². The van der Waals surface area contributed by atoms with E-state index in [4.69, 9.17) is 11.6 Å². The molecule has 8 heteroatoms. The van der Waals surface area contributed by atoms with Crippen LogP contribution in [0, 0.1) is 6.92 Å². The zero-order chi connectivity index (χ0) is 14.0. The van der Waals surface area contributed by atoms with Crippen molar-refractivity contribution in [3.63, 3.8) is 0 Å². The van der Waals surface area contributed by atoms with E-state index in [0.29, 0.717) is 11.6 Å². The Balaban J connectivity index is 2.41. The summed E-state index contributed by atoms with van der Waals surface area (Å²) < 4.78 is 1.25. The molecule has 0 saturated carbocycles. The van der Waals surface area contributed by atoms with Gasteiger partial charge in [0.05, 0.1) is 6.54 Å². The lowest BCUT2D eigenvalue weighted by Crippen LogP contribution is -2.30. The number of anilines is 1. The first kappa shape index (κ1) is 13.3. The second kappa shape index (κ2) is 5.23. The van der Waals surface area contributed by atoms with Crippen LogP contribution < -0.4 is 16.6 Å². The number of hydrogen-bond acceptors (Lipinski definition) is 5. The van der Waals surface area contributed by atoms with E-state index in [1.165, 1.54) is 10.8 Å². The van der Waals surface area contributed by atoms with Crippen LogP contribution in [0.1, 0.15) is 11.5 Å². The van der Waals surface area contributed by atoms with Crippen molar-refractivity contribution in [1.29, 1.82) is 0 Å². The molecule has 0 aromatic carbocycles. The van der Waals surface area contributed by atoms with Crippen LogP contribution in [-0.2, 0) is 6.54 Å². The molecule has 0 aliphatic rings. The van der Waals surface area contributed by atoms with Crippen LogP contribution in [0.25, 0.3) is 0 Å². The van der Waals surface area contributed by atoms with Gasteiger partial charge in [-0.15, -0.1) is 0 Å². The van der Waals surface area contributed by atoms with E-state index in [0.717, 1.165) is 5.69 Å². The highest BCUT2D eigenvalue weighted by Gasteiger charge is 2.06.